The van der Waals surface area contributed by atoms with Gasteiger partial charge in [0.2, 0.25) is 0 Å². The van der Waals surface area contributed by atoms with E-state index in [1.807, 2.05) is 6.07 Å². The van der Waals surface area contributed by atoms with Gasteiger partial charge >= 0.3 is 0 Å². The lowest BCUT2D eigenvalue weighted by Crippen LogP contribution is -1.91. The fraction of sp³-hybridized carbons (Fsp3) is 0.0714. The molecule has 2 aromatic rings. The summed E-state index contributed by atoms with van der Waals surface area (Å²) >= 11 is 21.2. The number of hydrogen-bond donors (Lipinski definition) is 0. The quantitative estimate of drug-likeness (QED) is 0.461. The molecule has 0 N–H and O–H groups in total. The first-order chi connectivity index (χ1) is 9.55. The van der Waals surface area contributed by atoms with Gasteiger partial charge in [-0.2, -0.15) is 5.26 Å². The average Bonchev–Trinajstić information content (AvgIpc) is 2.45. The Bertz CT molecular complexity index is 698. The average molecular weight is 391 g/mol. The minimum atomic E-state index is 0.327. The van der Waals surface area contributed by atoms with Crippen LogP contribution in [0.3, 0.4) is 0 Å². The lowest BCUT2D eigenvalue weighted by Gasteiger charge is -2.11. The van der Waals surface area contributed by atoms with Gasteiger partial charge in [0.05, 0.1) is 20.6 Å². The van der Waals surface area contributed by atoms with E-state index in [1.165, 1.54) is 12.1 Å². The number of hydrogen-bond acceptors (Lipinski definition) is 2. The van der Waals surface area contributed by atoms with Gasteiger partial charge in [-0.25, -0.2) is 0 Å². The zero-order valence-electron chi connectivity index (χ0n) is 9.96. The summed E-state index contributed by atoms with van der Waals surface area (Å²) in [6.45, 7) is 0. The van der Waals surface area contributed by atoms with Gasteiger partial charge < -0.3 is 4.74 Å². The molecular formula is C14H7BrCl3NO. The van der Waals surface area contributed by atoms with Gasteiger partial charge in [0.15, 0.2) is 0 Å². The molecule has 0 aliphatic carbocycles. The topological polar surface area (TPSA) is 33.0 Å². The smallest absolute Gasteiger partial charge is 0.147 e. The molecular weight excluding hydrogens is 384 g/mol. The molecule has 102 valence electrons. The number of rotatable bonds is 3. The van der Waals surface area contributed by atoms with Crippen molar-refractivity contribution in [2.75, 3.05) is 0 Å². The van der Waals surface area contributed by atoms with E-state index in [0.29, 0.717) is 37.5 Å². The fourth-order valence-corrected chi connectivity index (χ4v) is 2.46. The summed E-state index contributed by atoms with van der Waals surface area (Å²) in [5.41, 5.74) is 1.40. The Balaban J connectivity index is 2.40. The Morgan fingerprint density at radius 3 is 2.35 bits per heavy atom. The van der Waals surface area contributed by atoms with Gasteiger partial charge in [0, 0.05) is 11.4 Å². The fourth-order valence-electron chi connectivity index (χ4n) is 1.54. The highest BCUT2D eigenvalue weighted by atomic mass is 79.9. The maximum atomic E-state index is 9.16. The van der Waals surface area contributed by atoms with E-state index in [1.54, 1.807) is 12.1 Å². The van der Waals surface area contributed by atoms with E-state index in [-0.39, 0.29) is 0 Å². The Kier molecular flexibility index (Phi) is 5.17. The Morgan fingerprint density at radius 1 is 1.00 bits per heavy atom. The zero-order chi connectivity index (χ0) is 14.7. The molecule has 0 atom stereocenters. The minimum absolute atomic E-state index is 0.327. The molecule has 0 unspecified atom stereocenters. The molecule has 0 heterocycles. The van der Waals surface area contributed by atoms with Crippen molar-refractivity contribution in [2.45, 2.75) is 5.33 Å². The first-order valence-corrected chi connectivity index (χ1v) is 7.72. The van der Waals surface area contributed by atoms with Gasteiger partial charge in [0.25, 0.3) is 0 Å². The van der Waals surface area contributed by atoms with Crippen molar-refractivity contribution < 1.29 is 4.74 Å². The molecule has 2 aromatic carbocycles. The summed E-state index contributed by atoms with van der Waals surface area (Å²) in [5, 5.41) is 10.8. The number of alkyl halides is 1. The normalized spacial score (nSPS) is 10.2. The van der Waals surface area contributed by atoms with E-state index in [9.17, 15) is 0 Å². The molecule has 0 bridgehead atoms. The summed E-state index contributed by atoms with van der Waals surface area (Å²) in [6.07, 6.45) is 0. The summed E-state index contributed by atoms with van der Waals surface area (Å²) in [6, 6.07) is 10.4. The first-order valence-electron chi connectivity index (χ1n) is 5.46. The molecule has 0 fully saturated rings. The second kappa shape index (κ2) is 6.69. The van der Waals surface area contributed by atoms with Gasteiger partial charge in [-0.05, 0) is 23.8 Å². The van der Waals surface area contributed by atoms with Gasteiger partial charge in [-0.3, -0.25) is 0 Å². The predicted molar refractivity (Wildman–Crippen MR) is 85.3 cm³/mol. The molecule has 6 heteroatoms. The zero-order valence-corrected chi connectivity index (χ0v) is 13.8. The third kappa shape index (κ3) is 3.39. The third-order valence-electron chi connectivity index (χ3n) is 2.51. The Morgan fingerprint density at radius 2 is 1.70 bits per heavy atom. The monoisotopic (exact) mass is 389 g/mol. The second-order valence-electron chi connectivity index (χ2n) is 3.87. The highest BCUT2D eigenvalue weighted by molar-refractivity contribution is 9.08. The maximum absolute atomic E-state index is 9.16. The maximum Gasteiger partial charge on any atom is 0.147 e. The number of benzene rings is 2. The van der Waals surface area contributed by atoms with Crippen LogP contribution >= 0.6 is 50.7 Å². The second-order valence-corrected chi connectivity index (χ2v) is 5.66. The number of nitrogens with zero attached hydrogens (tertiary/aromatic N) is 1. The van der Waals surface area contributed by atoms with Crippen molar-refractivity contribution >= 4 is 50.7 Å². The van der Waals surface area contributed by atoms with Crippen LogP contribution in [0.1, 0.15) is 11.1 Å². The summed E-state index contributed by atoms with van der Waals surface area (Å²) in [5.74, 6) is 0.765. The lowest BCUT2D eigenvalue weighted by molar-refractivity contribution is 0.481. The molecule has 2 rings (SSSR count). The van der Waals surface area contributed by atoms with Crippen LogP contribution in [-0.2, 0) is 5.33 Å². The number of halogens is 4. The molecule has 20 heavy (non-hydrogen) atoms. The first kappa shape index (κ1) is 15.5. The summed E-state index contributed by atoms with van der Waals surface area (Å²) < 4.78 is 5.65. The molecule has 0 aliphatic heterocycles. The summed E-state index contributed by atoms with van der Waals surface area (Å²) in [7, 11) is 0. The van der Waals surface area contributed by atoms with Crippen molar-refractivity contribution in [3.63, 3.8) is 0 Å². The van der Waals surface area contributed by atoms with E-state index < -0.39 is 0 Å². The van der Waals surface area contributed by atoms with Crippen LogP contribution < -0.4 is 4.74 Å². The molecule has 0 saturated heterocycles. The van der Waals surface area contributed by atoms with E-state index >= 15 is 0 Å². The highest BCUT2D eigenvalue weighted by Crippen LogP contribution is 2.37. The largest absolute Gasteiger partial charge is 0.454 e. The number of nitriles is 1. The van der Waals surface area contributed by atoms with E-state index in [0.717, 1.165) is 5.56 Å². The van der Waals surface area contributed by atoms with Crippen LogP contribution in [0.25, 0.3) is 0 Å². The number of ether oxygens (including phenoxy) is 1. The van der Waals surface area contributed by atoms with Crippen molar-refractivity contribution in [3.05, 3.63) is 56.5 Å². The van der Waals surface area contributed by atoms with E-state index in [4.69, 9.17) is 44.8 Å². The van der Waals surface area contributed by atoms with Gasteiger partial charge in [-0.15, -0.1) is 0 Å². The SMILES string of the molecule is N#Cc1cc(CBr)ccc1Oc1cc(Cl)c(Cl)cc1Cl. The van der Waals surface area contributed by atoms with Gasteiger partial charge in [0.1, 0.15) is 17.6 Å². The van der Waals surface area contributed by atoms with Crippen LogP contribution in [-0.4, -0.2) is 0 Å². The van der Waals surface area contributed by atoms with Crippen LogP contribution in [0.2, 0.25) is 15.1 Å². The molecule has 0 radical (unpaired) electrons. The summed E-state index contributed by atoms with van der Waals surface area (Å²) in [4.78, 5) is 0. The molecule has 2 nitrogen and oxygen atoms in total. The van der Waals surface area contributed by atoms with Crippen LogP contribution in [0.15, 0.2) is 30.3 Å². The van der Waals surface area contributed by atoms with Crippen molar-refractivity contribution in [1.29, 1.82) is 5.26 Å². The van der Waals surface area contributed by atoms with Crippen LogP contribution in [0.4, 0.5) is 0 Å². The molecule has 0 saturated carbocycles. The lowest BCUT2D eigenvalue weighted by atomic mass is 10.1. The van der Waals surface area contributed by atoms with Crippen LogP contribution in [0.5, 0.6) is 11.5 Å². The molecule has 0 spiro atoms. The van der Waals surface area contributed by atoms with Crippen LogP contribution in [0, 0.1) is 11.3 Å². The van der Waals surface area contributed by atoms with Gasteiger partial charge in [-0.1, -0.05) is 56.8 Å². The third-order valence-corrected chi connectivity index (χ3v) is 4.18. The Labute approximate surface area is 140 Å². The minimum Gasteiger partial charge on any atom is -0.454 e. The standard InChI is InChI=1S/C14H7BrCl3NO/c15-6-8-1-2-13(9(3-8)7-19)20-14-5-11(17)10(16)4-12(14)18/h1-5H,6H2. The predicted octanol–water partition coefficient (Wildman–Crippen LogP) is 6.21. The van der Waals surface area contributed by atoms with Crippen molar-refractivity contribution in [2.24, 2.45) is 0 Å². The van der Waals surface area contributed by atoms with E-state index in [2.05, 4.69) is 22.0 Å². The molecule has 0 aliphatic rings. The molecule has 0 amide bonds. The Hall–Kier alpha value is -0.920. The van der Waals surface area contributed by atoms with Crippen molar-refractivity contribution in [1.82, 2.24) is 0 Å². The molecule has 0 aromatic heterocycles. The highest BCUT2D eigenvalue weighted by Gasteiger charge is 2.11. The van der Waals surface area contributed by atoms with Crippen molar-refractivity contribution in [3.8, 4) is 17.6 Å².